The number of hydrogen-bond acceptors (Lipinski definition) is 9. The van der Waals surface area contributed by atoms with E-state index in [1.165, 1.54) is 58.8 Å². The van der Waals surface area contributed by atoms with Gasteiger partial charge in [-0.25, -0.2) is 0 Å². The van der Waals surface area contributed by atoms with E-state index in [1.54, 1.807) is 0 Å². The van der Waals surface area contributed by atoms with E-state index in [0.29, 0.717) is 0 Å². The van der Waals surface area contributed by atoms with Crippen LogP contribution in [0.2, 0.25) is 118 Å². The second kappa shape index (κ2) is 43.4. The van der Waals surface area contributed by atoms with Crippen LogP contribution in [0.15, 0.2) is 316 Å². The van der Waals surface area contributed by atoms with Gasteiger partial charge in [0.2, 0.25) is 0 Å². The molecule has 0 radical (unpaired) electrons. The van der Waals surface area contributed by atoms with Crippen molar-refractivity contribution in [1.29, 1.82) is 0 Å². The minimum absolute atomic E-state index is 0. The molecular weight excluding hydrogens is 2290 g/mol. The predicted molar refractivity (Wildman–Crippen MR) is 580 cm³/mol. The number of rotatable bonds is 22. The Bertz CT molecular complexity index is 6610. The molecule has 0 amide bonds. The summed E-state index contributed by atoms with van der Waals surface area (Å²) in [5, 5.41) is 10.5. The monoisotopic (exact) mass is 2400 g/mol. The van der Waals surface area contributed by atoms with Crippen LogP contribution in [0.1, 0.15) is 27.8 Å². The summed E-state index contributed by atoms with van der Waals surface area (Å²) in [4.78, 5) is 36.1. The molecule has 0 aliphatic carbocycles. The molecule has 0 aliphatic rings. The van der Waals surface area contributed by atoms with Crippen molar-refractivity contribution >= 4 is 142 Å². The molecule has 688 valence electrons. The van der Waals surface area contributed by atoms with Crippen molar-refractivity contribution in [3.8, 4) is 78.7 Å². The first-order chi connectivity index (χ1) is 62.7. The average molecular weight is 2410 g/mol. The largest absolute Gasteiger partial charge is 2.00 e. The number of aryl methyl sites for hydroxylation is 5. The molecule has 0 fully saturated rings. The molecule has 0 saturated heterocycles. The van der Waals surface area contributed by atoms with Crippen molar-refractivity contribution in [3.05, 3.63) is 380 Å². The van der Waals surface area contributed by atoms with E-state index in [0.717, 1.165) is 141 Å². The standard InChI is InChI=1S/C40H39N3Si2.C39H45N3Si2.C38H37N3Si2.3Pt/c1-44(2,3)37-21-23-39(41-28-37)32-16-11-19-35(26-32)43(34-18-10-15-31(25-34)30-13-8-7-9-14-30)36-20-12-17-33(27-36)40-24-22-38(29-42-40)45(4,5)6;1-26-16-29(4)39(30(5)17-26)42(33-20-27(2)18-31(22-33)37-14-12-35(24-40-37)43(6,7)8)34-21-28(3)19-32(23-34)38-15-13-36(25-41-38)44(9,10)11;1-42(2,3)33-20-22-36(39-26-33)29-14-9-16-31(24-29)41(38-19-11-13-28-12-7-8-18-35(28)38)32-17-10-15-30(25-32)37-23-21-34(27-40-37)43(4,5)6;;;/h7-25,28-29H,1-6H3;12-21,24-25H,1-11H3;7-23,26-27H,1-6H3;;;/q3*-2;3*+2. The topological polar surface area (TPSA) is 87.1 Å². The fourth-order valence-corrected chi connectivity index (χ4v) is 22.6. The van der Waals surface area contributed by atoms with Gasteiger partial charge in [0.1, 0.15) is 0 Å². The van der Waals surface area contributed by atoms with Crippen LogP contribution in [-0.4, -0.2) is 78.3 Å². The molecule has 0 aliphatic heterocycles. The van der Waals surface area contributed by atoms with E-state index in [4.69, 9.17) is 29.9 Å². The Kier molecular flexibility index (Phi) is 33.2. The van der Waals surface area contributed by atoms with Crippen molar-refractivity contribution in [2.24, 2.45) is 0 Å². The molecule has 0 unspecified atom stereocenters. The minimum Gasteiger partial charge on any atom is -0.346 e. The van der Waals surface area contributed by atoms with Crippen molar-refractivity contribution in [1.82, 2.24) is 29.9 Å². The van der Waals surface area contributed by atoms with E-state index in [2.05, 4.69) is 495 Å². The maximum absolute atomic E-state index is 4.91. The van der Waals surface area contributed by atoms with Gasteiger partial charge >= 0.3 is 63.2 Å². The van der Waals surface area contributed by atoms with Crippen LogP contribution in [0, 0.1) is 71.0 Å². The molecule has 18 heteroatoms. The number of benzene rings is 11. The predicted octanol–water partition coefficient (Wildman–Crippen LogP) is 28.3. The Morgan fingerprint density at radius 1 is 0.222 bits per heavy atom. The average Bonchev–Trinajstić information content (AvgIpc) is 0.706. The molecule has 0 atom stereocenters. The van der Waals surface area contributed by atoms with E-state index < -0.39 is 48.4 Å². The Labute approximate surface area is 852 Å². The number of anilines is 9. The second-order valence-electron chi connectivity index (χ2n) is 41.0. The van der Waals surface area contributed by atoms with Gasteiger partial charge < -0.3 is 44.6 Å². The molecule has 9 nitrogen and oxygen atoms in total. The Morgan fingerprint density at radius 2 is 0.504 bits per heavy atom. The number of pyridine rings is 6. The third-order valence-electron chi connectivity index (χ3n) is 24.1. The van der Waals surface area contributed by atoms with Gasteiger partial charge in [-0.1, -0.05) is 301 Å². The van der Waals surface area contributed by atoms with Crippen LogP contribution >= 0.6 is 0 Å². The second-order valence-corrected chi connectivity index (χ2v) is 71.4. The summed E-state index contributed by atoms with van der Waals surface area (Å²) < 4.78 is 0. The van der Waals surface area contributed by atoms with Crippen molar-refractivity contribution < 1.29 is 63.2 Å². The van der Waals surface area contributed by atoms with Crippen molar-refractivity contribution in [2.75, 3.05) is 14.7 Å². The Hall–Kier alpha value is -10.7. The number of hydrogen-bond donors (Lipinski definition) is 0. The summed E-state index contributed by atoms with van der Waals surface area (Å²) in [6.07, 6.45) is 12.3. The number of nitrogens with zero attached hydrogens (tertiary/aromatic N) is 9. The Morgan fingerprint density at radius 3 is 0.837 bits per heavy atom. The van der Waals surface area contributed by atoms with E-state index in [-0.39, 0.29) is 63.2 Å². The van der Waals surface area contributed by atoms with Crippen LogP contribution in [-0.2, 0) is 63.2 Å². The first kappa shape index (κ1) is 103. The zero-order valence-electron chi connectivity index (χ0n) is 82.0. The van der Waals surface area contributed by atoms with Gasteiger partial charge in [-0.05, 0) is 166 Å². The van der Waals surface area contributed by atoms with Gasteiger partial charge in [0.15, 0.2) is 0 Å². The van der Waals surface area contributed by atoms with Crippen LogP contribution in [0.5, 0.6) is 0 Å². The van der Waals surface area contributed by atoms with Gasteiger partial charge in [-0.3, -0.25) is 0 Å². The quantitative estimate of drug-likeness (QED) is 0.0486. The molecule has 17 rings (SSSR count). The molecule has 6 heterocycles. The number of fused-ring (bicyclic) bond motifs is 1. The normalized spacial score (nSPS) is 11.6. The van der Waals surface area contributed by atoms with Crippen molar-refractivity contribution in [2.45, 2.75) is 152 Å². The van der Waals surface area contributed by atoms with Crippen LogP contribution in [0.3, 0.4) is 0 Å². The molecule has 0 bridgehead atoms. The summed E-state index contributed by atoms with van der Waals surface area (Å²) in [5.41, 5.74) is 28.6. The minimum atomic E-state index is -1.44. The summed E-state index contributed by atoms with van der Waals surface area (Å²) in [7, 11) is -8.64. The summed E-state index contributed by atoms with van der Waals surface area (Å²) in [5.74, 6) is 0. The van der Waals surface area contributed by atoms with Gasteiger partial charge in [0.05, 0.1) is 54.1 Å². The molecule has 0 N–H and O–H groups in total. The van der Waals surface area contributed by atoms with Crippen LogP contribution < -0.4 is 45.8 Å². The van der Waals surface area contributed by atoms with Gasteiger partial charge in [0.25, 0.3) is 0 Å². The van der Waals surface area contributed by atoms with Crippen LogP contribution in [0.25, 0.3) is 89.4 Å². The van der Waals surface area contributed by atoms with Crippen molar-refractivity contribution in [3.63, 3.8) is 0 Å². The fourth-order valence-electron chi connectivity index (χ4n) is 16.4. The molecule has 0 spiro atoms. The Balaban J connectivity index is 0.000000180. The van der Waals surface area contributed by atoms with Gasteiger partial charge in [0, 0.05) is 53.9 Å². The van der Waals surface area contributed by atoms with Gasteiger partial charge in [-0.15, -0.1) is 178 Å². The third kappa shape index (κ3) is 25.2. The fraction of sp³-hybridized carbons (Fsp3) is 0.197. The SMILES string of the molecule is C[Si](C)(C)c1ccc(-c2[c-]c(N(c3[c-]c(-c4ccc([Si](C)(C)C)cn4)ccc3)c3cccc(-c4ccccc4)c3)ccc2)nc1.C[Si](C)(C)c1ccc(-c2[c-]c(N(c3[c-]c(-c4ccc([Si](C)(C)C)cn4)ccc3)c3cccc4ccccc34)ccc2)nc1.Cc1cc(-c2ccc([Si](C)(C)C)cn2)[c-]c(N(c2[c-]c(-c3ccc([Si](C)(C)C)cn3)cc(C)c2)c2c(C)cc(C)cc2C)c1.[Pt+2].[Pt+2].[Pt+2]. The molecule has 17 aromatic rings. The van der Waals surface area contributed by atoms with Crippen LogP contribution in [0.4, 0.5) is 51.2 Å². The maximum Gasteiger partial charge on any atom is 2.00 e. The summed E-state index contributed by atoms with van der Waals surface area (Å²) in [6, 6.07) is 121. The van der Waals surface area contributed by atoms with E-state index in [1.807, 2.05) is 24.8 Å². The maximum atomic E-state index is 4.91. The molecular formula is C117H121N9Pt3Si6. The first-order valence-electron chi connectivity index (χ1n) is 45.8. The van der Waals surface area contributed by atoms with E-state index in [9.17, 15) is 0 Å². The zero-order chi connectivity index (χ0) is 93.8. The molecule has 11 aromatic carbocycles. The first-order valence-corrected chi connectivity index (χ1v) is 66.8. The molecule has 135 heavy (non-hydrogen) atoms. The smallest absolute Gasteiger partial charge is 0.346 e. The number of aromatic nitrogens is 6. The van der Waals surface area contributed by atoms with Gasteiger partial charge in [-0.2, -0.15) is 0 Å². The zero-order valence-corrected chi connectivity index (χ0v) is 94.8. The summed E-state index contributed by atoms with van der Waals surface area (Å²) >= 11 is 0. The molecule has 6 aromatic heterocycles. The molecule has 0 saturated carbocycles. The van der Waals surface area contributed by atoms with E-state index >= 15 is 0 Å². The summed E-state index contributed by atoms with van der Waals surface area (Å²) in [6.45, 7) is 53.1. The third-order valence-corrected chi connectivity index (χ3v) is 36.2.